The summed E-state index contributed by atoms with van der Waals surface area (Å²) in [5.74, 6) is -0.432. The second kappa shape index (κ2) is 10.8. The lowest BCUT2D eigenvalue weighted by molar-refractivity contribution is -0.122. The molecular weight excluding hydrogens is 406 g/mol. The molecule has 0 radical (unpaired) electrons. The molecule has 5 nitrogen and oxygen atoms in total. The van der Waals surface area contributed by atoms with E-state index in [-0.39, 0.29) is 11.8 Å². The monoisotopic (exact) mass is 431 g/mol. The van der Waals surface area contributed by atoms with Gasteiger partial charge in [-0.05, 0) is 56.8 Å². The Morgan fingerprint density at radius 3 is 2.41 bits per heavy atom. The van der Waals surface area contributed by atoms with Crippen molar-refractivity contribution in [3.8, 4) is 0 Å². The molecule has 0 heterocycles. The molecule has 0 fully saturated rings. The van der Waals surface area contributed by atoms with Crippen molar-refractivity contribution >= 4 is 27.7 Å². The van der Waals surface area contributed by atoms with Crippen LogP contribution in [0.15, 0.2) is 59.1 Å². The number of amides is 2. The van der Waals surface area contributed by atoms with E-state index in [4.69, 9.17) is 0 Å². The Labute approximate surface area is 169 Å². The summed E-state index contributed by atoms with van der Waals surface area (Å²) in [7, 11) is 2.07. The quantitative estimate of drug-likeness (QED) is 0.599. The summed E-state index contributed by atoms with van der Waals surface area (Å²) in [6.07, 6.45) is 0.850. The van der Waals surface area contributed by atoms with E-state index in [0.29, 0.717) is 12.1 Å². The highest BCUT2D eigenvalue weighted by molar-refractivity contribution is 9.10. The number of nitrogens with zero attached hydrogens (tertiary/aromatic N) is 1. The van der Waals surface area contributed by atoms with E-state index in [1.807, 2.05) is 18.2 Å². The van der Waals surface area contributed by atoms with Gasteiger partial charge >= 0.3 is 0 Å². The first-order chi connectivity index (χ1) is 13.0. The number of nitrogens with one attached hydrogen (secondary N) is 2. The van der Waals surface area contributed by atoms with Gasteiger partial charge in [0.25, 0.3) is 5.91 Å². The Morgan fingerprint density at radius 1 is 1.07 bits per heavy atom. The van der Waals surface area contributed by atoms with Crippen molar-refractivity contribution < 1.29 is 9.59 Å². The predicted octanol–water partition coefficient (Wildman–Crippen LogP) is 3.21. The van der Waals surface area contributed by atoms with Crippen LogP contribution in [0.25, 0.3) is 0 Å². The maximum atomic E-state index is 12.2. The van der Waals surface area contributed by atoms with Crippen molar-refractivity contribution in [2.24, 2.45) is 0 Å². The number of rotatable bonds is 9. The summed E-state index contributed by atoms with van der Waals surface area (Å²) in [5.41, 5.74) is 1.80. The molecule has 0 aliphatic rings. The van der Waals surface area contributed by atoms with Gasteiger partial charge in [0.05, 0.1) is 0 Å². The predicted molar refractivity (Wildman–Crippen MR) is 111 cm³/mol. The van der Waals surface area contributed by atoms with Crippen LogP contribution in [0, 0.1) is 0 Å². The summed E-state index contributed by atoms with van der Waals surface area (Å²) in [6.45, 7) is 4.04. The Balaban J connectivity index is 1.65. The maximum Gasteiger partial charge on any atom is 0.251 e. The number of hydrogen-bond donors (Lipinski definition) is 2. The molecule has 144 valence electrons. The van der Waals surface area contributed by atoms with E-state index in [1.165, 1.54) is 5.56 Å². The maximum absolute atomic E-state index is 12.2. The molecule has 6 heteroatoms. The summed E-state index contributed by atoms with van der Waals surface area (Å²) >= 11 is 3.33. The largest absolute Gasteiger partial charge is 0.354 e. The SMILES string of the molecule is C[C@H](NC(=O)c1ccc(Br)cc1)C(=O)NCCCN(C)Cc1ccccc1. The fourth-order valence-electron chi connectivity index (χ4n) is 2.63. The summed E-state index contributed by atoms with van der Waals surface area (Å²) in [4.78, 5) is 26.5. The molecule has 1 atom stereocenters. The molecule has 2 aromatic rings. The van der Waals surface area contributed by atoms with Gasteiger partial charge in [0.15, 0.2) is 0 Å². The number of carbonyl (C=O) groups is 2. The first kappa shape index (κ1) is 21.1. The van der Waals surface area contributed by atoms with E-state index in [1.54, 1.807) is 31.2 Å². The Hall–Kier alpha value is -2.18. The van der Waals surface area contributed by atoms with Crippen LogP contribution in [0.4, 0.5) is 0 Å². The van der Waals surface area contributed by atoms with Crippen LogP contribution in [0.1, 0.15) is 29.3 Å². The van der Waals surface area contributed by atoms with Gasteiger partial charge in [0, 0.05) is 23.1 Å². The molecule has 0 unspecified atom stereocenters. The van der Waals surface area contributed by atoms with Gasteiger partial charge in [0.2, 0.25) is 5.91 Å². The number of benzene rings is 2. The second-order valence-electron chi connectivity index (χ2n) is 6.57. The van der Waals surface area contributed by atoms with Crippen LogP contribution in [0.3, 0.4) is 0 Å². The van der Waals surface area contributed by atoms with Gasteiger partial charge < -0.3 is 15.5 Å². The smallest absolute Gasteiger partial charge is 0.251 e. The van der Waals surface area contributed by atoms with Crippen LogP contribution < -0.4 is 10.6 Å². The van der Waals surface area contributed by atoms with Gasteiger partial charge in [-0.15, -0.1) is 0 Å². The van der Waals surface area contributed by atoms with Gasteiger partial charge in [-0.1, -0.05) is 46.3 Å². The molecular formula is C21H26BrN3O2. The zero-order valence-electron chi connectivity index (χ0n) is 15.7. The molecule has 0 aliphatic carbocycles. The van der Waals surface area contributed by atoms with E-state index >= 15 is 0 Å². The molecule has 0 aromatic heterocycles. The second-order valence-corrected chi connectivity index (χ2v) is 7.49. The van der Waals surface area contributed by atoms with Crippen molar-refractivity contribution in [3.63, 3.8) is 0 Å². The molecule has 0 saturated carbocycles. The number of halogens is 1. The third-order valence-corrected chi connectivity index (χ3v) is 4.69. The molecule has 2 rings (SSSR count). The first-order valence-corrected chi connectivity index (χ1v) is 9.81. The molecule has 27 heavy (non-hydrogen) atoms. The third-order valence-electron chi connectivity index (χ3n) is 4.16. The van der Waals surface area contributed by atoms with Crippen LogP contribution >= 0.6 is 15.9 Å². The lowest BCUT2D eigenvalue weighted by atomic mass is 10.2. The number of carbonyl (C=O) groups excluding carboxylic acids is 2. The van der Waals surface area contributed by atoms with Crippen molar-refractivity contribution in [1.82, 2.24) is 15.5 Å². The molecule has 2 N–H and O–H groups in total. The molecule has 0 aliphatic heterocycles. The molecule has 2 amide bonds. The summed E-state index contributed by atoms with van der Waals surface area (Å²) in [5, 5.41) is 5.60. The highest BCUT2D eigenvalue weighted by Crippen LogP contribution is 2.10. The minimum absolute atomic E-state index is 0.175. The fourth-order valence-corrected chi connectivity index (χ4v) is 2.90. The Kier molecular flexibility index (Phi) is 8.48. The highest BCUT2D eigenvalue weighted by Gasteiger charge is 2.16. The summed E-state index contributed by atoms with van der Waals surface area (Å²) < 4.78 is 0.905. The van der Waals surface area contributed by atoms with Crippen LogP contribution in [0.5, 0.6) is 0 Å². The van der Waals surface area contributed by atoms with Gasteiger partial charge in [-0.3, -0.25) is 9.59 Å². The van der Waals surface area contributed by atoms with E-state index in [9.17, 15) is 9.59 Å². The van der Waals surface area contributed by atoms with Crippen molar-refractivity contribution in [2.45, 2.75) is 25.9 Å². The Bertz CT molecular complexity index is 735. The average molecular weight is 432 g/mol. The zero-order chi connectivity index (χ0) is 19.6. The third kappa shape index (κ3) is 7.53. The zero-order valence-corrected chi connectivity index (χ0v) is 17.3. The average Bonchev–Trinajstić information content (AvgIpc) is 2.66. The van der Waals surface area contributed by atoms with Gasteiger partial charge in [0.1, 0.15) is 6.04 Å². The molecule has 0 bridgehead atoms. The lowest BCUT2D eigenvalue weighted by Crippen LogP contribution is -2.45. The van der Waals surface area contributed by atoms with Crippen LogP contribution in [0.2, 0.25) is 0 Å². The Morgan fingerprint density at radius 2 is 1.74 bits per heavy atom. The van der Waals surface area contributed by atoms with Crippen LogP contribution in [-0.4, -0.2) is 42.9 Å². The minimum Gasteiger partial charge on any atom is -0.354 e. The van der Waals surface area contributed by atoms with Crippen molar-refractivity contribution in [1.29, 1.82) is 0 Å². The molecule has 2 aromatic carbocycles. The van der Waals surface area contributed by atoms with Crippen molar-refractivity contribution in [3.05, 3.63) is 70.2 Å². The lowest BCUT2D eigenvalue weighted by Gasteiger charge is -2.18. The summed E-state index contributed by atoms with van der Waals surface area (Å²) in [6, 6.07) is 16.7. The van der Waals surface area contributed by atoms with E-state index < -0.39 is 6.04 Å². The van der Waals surface area contributed by atoms with E-state index in [0.717, 1.165) is 24.0 Å². The van der Waals surface area contributed by atoms with E-state index in [2.05, 4.69) is 50.6 Å². The highest BCUT2D eigenvalue weighted by atomic mass is 79.9. The van der Waals surface area contributed by atoms with Crippen LogP contribution in [-0.2, 0) is 11.3 Å². The topological polar surface area (TPSA) is 61.4 Å². The van der Waals surface area contributed by atoms with Crippen molar-refractivity contribution in [2.75, 3.05) is 20.1 Å². The normalized spacial score (nSPS) is 11.9. The molecule has 0 saturated heterocycles. The fraction of sp³-hybridized carbons (Fsp3) is 0.333. The first-order valence-electron chi connectivity index (χ1n) is 9.02. The molecule has 0 spiro atoms. The van der Waals surface area contributed by atoms with Gasteiger partial charge in [-0.2, -0.15) is 0 Å². The minimum atomic E-state index is -0.580. The standard InChI is InChI=1S/C21H26BrN3O2/c1-16(24-21(27)18-9-11-19(22)12-10-18)20(26)23-13-6-14-25(2)15-17-7-4-3-5-8-17/h3-5,7-12,16H,6,13-15H2,1-2H3,(H,23,26)(H,24,27)/t16-/m0/s1. The van der Waals surface area contributed by atoms with Gasteiger partial charge in [-0.25, -0.2) is 0 Å². The number of hydrogen-bond acceptors (Lipinski definition) is 3.